The van der Waals surface area contributed by atoms with Crippen LogP contribution in [0.1, 0.15) is 0 Å². The maximum absolute atomic E-state index is 11.8. The quantitative estimate of drug-likeness (QED) is 0.160. The molecule has 0 amide bonds. The van der Waals surface area contributed by atoms with E-state index in [1.807, 2.05) is 0 Å². The summed E-state index contributed by atoms with van der Waals surface area (Å²) in [6.07, 6.45) is 1.49. The van der Waals surface area contributed by atoms with E-state index in [4.69, 9.17) is 28.9 Å². The van der Waals surface area contributed by atoms with Crippen LogP contribution < -0.4 is 5.73 Å². The van der Waals surface area contributed by atoms with Gasteiger partial charge >= 0.3 is 29.6 Å². The van der Waals surface area contributed by atoms with Crippen LogP contribution in [-0.2, 0) is 10.1 Å². The van der Waals surface area contributed by atoms with Crippen LogP contribution in [0, 0.1) is 0 Å². The van der Waals surface area contributed by atoms with Crippen molar-refractivity contribution in [2.24, 2.45) is 10.2 Å². The number of nitrogens with zero attached hydrogens (tertiary/aromatic N) is 3. The van der Waals surface area contributed by atoms with Gasteiger partial charge in [-0.15, -0.1) is 10.2 Å². The third-order valence-corrected chi connectivity index (χ3v) is 5.97. The molecule has 4 rings (SSSR count). The van der Waals surface area contributed by atoms with E-state index in [1.54, 1.807) is 54.6 Å². The molecular weight excluding hydrogens is 482 g/mol. The predicted octanol–water partition coefficient (Wildman–Crippen LogP) is 5.80. The second-order valence-corrected chi connectivity index (χ2v) is 8.79. The molecule has 0 unspecified atom stereocenters. The Morgan fingerprint density at radius 1 is 0.938 bits per heavy atom. The van der Waals surface area contributed by atoms with E-state index < -0.39 is 10.1 Å². The third kappa shape index (κ3) is 5.13. The van der Waals surface area contributed by atoms with Crippen molar-refractivity contribution in [3.05, 3.63) is 76.9 Å². The monoisotopic (exact) mass is 496 g/mol. The topological polar surface area (TPSA) is 118 Å². The molecule has 0 aliphatic heterocycles. The first-order valence-corrected chi connectivity index (χ1v) is 11.1. The Balaban J connectivity index is 0.00000289. The number of halogens is 2. The summed E-state index contributed by atoms with van der Waals surface area (Å²) in [5.41, 5.74) is 8.25. The minimum absolute atomic E-state index is 0. The number of aromatic nitrogens is 1. The molecule has 0 spiro atoms. The van der Waals surface area contributed by atoms with Crippen LogP contribution in [0.5, 0.6) is 0 Å². The van der Waals surface area contributed by atoms with Gasteiger partial charge in [-0.1, -0.05) is 47.5 Å². The van der Waals surface area contributed by atoms with Crippen molar-refractivity contribution in [1.29, 1.82) is 0 Å². The van der Waals surface area contributed by atoms with Crippen LogP contribution in [0.25, 0.3) is 22.0 Å². The molecule has 0 saturated carbocycles. The van der Waals surface area contributed by atoms with Gasteiger partial charge in [-0.25, -0.2) is 0 Å². The molecule has 1 heterocycles. The van der Waals surface area contributed by atoms with Gasteiger partial charge in [-0.2, -0.15) is 8.42 Å². The van der Waals surface area contributed by atoms with Crippen molar-refractivity contribution in [1.82, 2.24) is 4.98 Å². The number of nitrogen functional groups attached to an aromatic ring is 1. The van der Waals surface area contributed by atoms with E-state index in [0.717, 1.165) is 0 Å². The molecule has 0 atom stereocenters. The maximum atomic E-state index is 11.8. The average molecular weight is 497 g/mol. The Kier molecular flexibility index (Phi) is 7.57. The number of anilines is 1. The second kappa shape index (κ2) is 9.84. The Hall–Kier alpha value is -2.04. The summed E-state index contributed by atoms with van der Waals surface area (Å²) < 4.78 is 33.2. The van der Waals surface area contributed by atoms with Crippen molar-refractivity contribution in [2.75, 3.05) is 5.73 Å². The summed E-state index contributed by atoms with van der Waals surface area (Å²) >= 11 is 12.1. The number of hydrogen-bond acceptors (Lipinski definition) is 6. The SMILES string of the molecule is Nc1c(/N=N/c2ccc(-c3ccc(Cl)cc3Cl)nc2)cc(S(=O)(=O)O)c2ccccc12.[NaH]. The van der Waals surface area contributed by atoms with Gasteiger partial charge in [0.1, 0.15) is 16.3 Å². The zero-order chi connectivity index (χ0) is 22.2. The summed E-state index contributed by atoms with van der Waals surface area (Å²) in [6.45, 7) is 0. The Bertz CT molecular complexity index is 1450. The molecule has 158 valence electrons. The molecule has 11 heteroatoms. The normalized spacial score (nSPS) is 11.6. The van der Waals surface area contributed by atoms with Gasteiger partial charge in [-0.05, 0) is 36.4 Å². The standard InChI is InChI=1S/C21H14Cl2N4O3S.Na.H/c22-12-5-7-16(17(23)9-12)18-8-6-13(11-25-18)26-27-19-10-20(31(28,29)30)14-3-1-2-4-15(14)21(19)24;;/h1-11H,24H2,(H,28,29,30);;/b27-26+;;. The zero-order valence-corrected chi connectivity index (χ0v) is 18.0. The first-order chi connectivity index (χ1) is 14.7. The molecule has 4 aromatic rings. The van der Waals surface area contributed by atoms with Crippen molar-refractivity contribution < 1.29 is 13.0 Å². The number of benzene rings is 3. The van der Waals surface area contributed by atoms with Gasteiger partial charge in [0.15, 0.2) is 0 Å². The Morgan fingerprint density at radius 3 is 2.28 bits per heavy atom. The molecular formula is C21H15Cl2N4NaO3S. The van der Waals surface area contributed by atoms with E-state index >= 15 is 0 Å². The van der Waals surface area contributed by atoms with Crippen molar-refractivity contribution >= 4 is 90.7 Å². The third-order valence-electron chi connectivity index (χ3n) is 4.53. The van der Waals surface area contributed by atoms with Crippen molar-refractivity contribution in [3.8, 4) is 11.3 Å². The molecule has 0 bridgehead atoms. The summed E-state index contributed by atoms with van der Waals surface area (Å²) in [5, 5.41) is 9.90. The van der Waals surface area contributed by atoms with Crippen LogP contribution in [-0.4, -0.2) is 47.5 Å². The van der Waals surface area contributed by atoms with Gasteiger partial charge < -0.3 is 5.73 Å². The van der Waals surface area contributed by atoms with Gasteiger partial charge in [-0.3, -0.25) is 9.54 Å². The van der Waals surface area contributed by atoms with Crippen LogP contribution in [0.3, 0.4) is 0 Å². The number of fused-ring (bicyclic) bond motifs is 1. The van der Waals surface area contributed by atoms with E-state index in [1.165, 1.54) is 12.3 Å². The molecule has 0 fully saturated rings. The molecule has 0 aliphatic rings. The fraction of sp³-hybridized carbons (Fsp3) is 0. The first kappa shape index (κ1) is 24.6. The first-order valence-electron chi connectivity index (χ1n) is 8.86. The minimum atomic E-state index is -4.49. The Labute approximate surface area is 216 Å². The van der Waals surface area contributed by atoms with Gasteiger partial charge in [0, 0.05) is 21.4 Å². The zero-order valence-electron chi connectivity index (χ0n) is 15.7. The molecule has 3 N–H and O–H groups in total. The number of nitrogens with two attached hydrogens (primary N) is 1. The molecule has 3 aromatic carbocycles. The second-order valence-electron chi connectivity index (χ2n) is 6.55. The van der Waals surface area contributed by atoms with Gasteiger partial charge in [0.2, 0.25) is 0 Å². The van der Waals surface area contributed by atoms with Crippen LogP contribution in [0.2, 0.25) is 10.0 Å². The van der Waals surface area contributed by atoms with Crippen LogP contribution >= 0.6 is 23.2 Å². The summed E-state index contributed by atoms with van der Waals surface area (Å²) in [4.78, 5) is 4.04. The average Bonchev–Trinajstić information content (AvgIpc) is 2.73. The van der Waals surface area contributed by atoms with E-state index in [0.29, 0.717) is 37.8 Å². The molecule has 0 saturated heterocycles. The van der Waals surface area contributed by atoms with E-state index in [-0.39, 0.29) is 45.8 Å². The van der Waals surface area contributed by atoms with E-state index in [9.17, 15) is 13.0 Å². The Morgan fingerprint density at radius 2 is 1.66 bits per heavy atom. The summed E-state index contributed by atoms with van der Waals surface area (Å²) in [7, 11) is -4.49. The molecule has 0 radical (unpaired) electrons. The van der Waals surface area contributed by atoms with Gasteiger partial charge in [0.25, 0.3) is 10.1 Å². The molecule has 0 aliphatic carbocycles. The van der Waals surface area contributed by atoms with Gasteiger partial charge in [0.05, 0.1) is 22.6 Å². The van der Waals surface area contributed by atoms with Crippen LogP contribution in [0.4, 0.5) is 17.1 Å². The number of rotatable bonds is 4. The fourth-order valence-corrected chi connectivity index (χ4v) is 4.28. The van der Waals surface area contributed by atoms with Crippen molar-refractivity contribution in [2.45, 2.75) is 4.90 Å². The summed E-state index contributed by atoms with van der Waals surface area (Å²) in [6, 6.07) is 16.2. The van der Waals surface area contributed by atoms with E-state index in [2.05, 4.69) is 15.2 Å². The number of pyridine rings is 1. The fourth-order valence-electron chi connectivity index (χ4n) is 3.06. The molecule has 1 aromatic heterocycles. The predicted molar refractivity (Wildman–Crippen MR) is 129 cm³/mol. The molecule has 32 heavy (non-hydrogen) atoms. The van der Waals surface area contributed by atoms with Crippen LogP contribution in [0.15, 0.2) is 82.0 Å². The number of azo groups is 1. The van der Waals surface area contributed by atoms with Crippen molar-refractivity contribution in [3.63, 3.8) is 0 Å². The molecule has 7 nitrogen and oxygen atoms in total. The number of hydrogen-bond donors (Lipinski definition) is 2. The summed E-state index contributed by atoms with van der Waals surface area (Å²) in [5.74, 6) is 0.